The van der Waals surface area contributed by atoms with Gasteiger partial charge in [0, 0.05) is 29.6 Å². The molecule has 1 saturated heterocycles. The number of nitrogens with one attached hydrogen (secondary N) is 3. The van der Waals surface area contributed by atoms with Gasteiger partial charge in [-0.3, -0.25) is 19.2 Å². The number of rotatable bonds is 7. The quantitative estimate of drug-likeness (QED) is 0.353. The van der Waals surface area contributed by atoms with Crippen LogP contribution in [0.1, 0.15) is 46.4 Å². The lowest BCUT2D eigenvalue weighted by molar-refractivity contribution is -0.143. The largest absolute Gasteiger partial charge is 0.372 e. The van der Waals surface area contributed by atoms with Crippen molar-refractivity contribution >= 4 is 34.2 Å². The van der Waals surface area contributed by atoms with E-state index in [1.807, 2.05) is 39.0 Å². The van der Waals surface area contributed by atoms with Crippen molar-refractivity contribution in [2.75, 3.05) is 11.9 Å². The summed E-state index contributed by atoms with van der Waals surface area (Å²) in [6, 6.07) is 7.58. The molecule has 1 aliphatic carbocycles. The lowest BCUT2D eigenvalue weighted by Gasteiger charge is -2.38. The molecule has 2 fully saturated rings. The van der Waals surface area contributed by atoms with E-state index in [4.69, 9.17) is 5.73 Å². The number of nitrogens with zero attached hydrogens (tertiary/aromatic N) is 3. The SMILES string of the molecule is CC(C)(C)C(Nc1ccc(=O)[nH]c1)C(=O)N1C[C@H]2[C@@H]([C@H]1C(=O)NC(C(N)=O)c1nncc3ccccc13)C2(C)C. The number of aromatic nitrogens is 3. The number of piperidine rings is 1. The number of likely N-dealkylation sites (tertiary alicyclic amines) is 1. The fraction of sp³-hybridized carbons (Fsp3) is 0.448. The molecule has 2 aromatic heterocycles. The molecule has 210 valence electrons. The van der Waals surface area contributed by atoms with Gasteiger partial charge in [0.05, 0.1) is 11.9 Å². The Kier molecular flexibility index (Phi) is 6.63. The van der Waals surface area contributed by atoms with Gasteiger partial charge in [0.25, 0.3) is 0 Å². The highest BCUT2D eigenvalue weighted by molar-refractivity contribution is 5.97. The summed E-state index contributed by atoms with van der Waals surface area (Å²) in [6.07, 6.45) is 3.10. The fourth-order valence-electron chi connectivity index (χ4n) is 6.06. The molecule has 40 heavy (non-hydrogen) atoms. The number of carbonyl (C=O) groups excluding carboxylic acids is 3. The molecule has 0 bridgehead atoms. The lowest BCUT2D eigenvalue weighted by Crippen LogP contribution is -2.57. The van der Waals surface area contributed by atoms with Crippen LogP contribution in [-0.4, -0.2) is 56.4 Å². The third kappa shape index (κ3) is 4.80. The molecule has 3 aromatic rings. The van der Waals surface area contributed by atoms with Crippen LogP contribution in [0.25, 0.3) is 10.8 Å². The molecule has 5 atom stereocenters. The number of anilines is 1. The van der Waals surface area contributed by atoms with Crippen LogP contribution in [0.5, 0.6) is 0 Å². The Balaban J connectivity index is 1.45. The summed E-state index contributed by atoms with van der Waals surface area (Å²) in [4.78, 5) is 56.5. The average molecular weight is 546 g/mol. The summed E-state index contributed by atoms with van der Waals surface area (Å²) >= 11 is 0. The summed E-state index contributed by atoms with van der Waals surface area (Å²) < 4.78 is 0. The molecule has 3 heterocycles. The number of fused-ring (bicyclic) bond motifs is 2. The van der Waals surface area contributed by atoms with E-state index < -0.39 is 35.4 Å². The van der Waals surface area contributed by atoms with Crippen LogP contribution in [0.3, 0.4) is 0 Å². The third-order valence-corrected chi connectivity index (χ3v) is 8.41. The maximum absolute atomic E-state index is 14.1. The summed E-state index contributed by atoms with van der Waals surface area (Å²) in [7, 11) is 0. The molecule has 2 aliphatic rings. The molecule has 5 N–H and O–H groups in total. The number of primary amides is 1. The van der Waals surface area contributed by atoms with Gasteiger partial charge < -0.3 is 26.3 Å². The fourth-order valence-corrected chi connectivity index (χ4v) is 6.06. The van der Waals surface area contributed by atoms with Gasteiger partial charge in [-0.25, -0.2) is 0 Å². The maximum Gasteiger partial charge on any atom is 0.248 e. The van der Waals surface area contributed by atoms with Gasteiger partial charge in [-0.15, -0.1) is 0 Å². The monoisotopic (exact) mass is 545 g/mol. The second-order valence-corrected chi connectivity index (χ2v) is 12.4. The first kappa shape index (κ1) is 27.3. The van der Waals surface area contributed by atoms with Gasteiger partial charge >= 0.3 is 0 Å². The molecule has 0 radical (unpaired) electrons. The zero-order chi connectivity index (χ0) is 29.0. The standard InChI is InChI=1S/C29H35N7O4/c1-28(2,3)24(33-16-10-11-19(37)31-13-16)27(40)36-14-18-20(29(18,4)5)23(36)26(39)34-22(25(30)38)21-17-9-7-6-8-15(17)12-32-35-21/h6-13,18,20,22-24,33H,14H2,1-5H3,(H2,30,38)(H,31,37)(H,34,39)/t18-,20-,22?,23-,24?/m0/s1. The van der Waals surface area contributed by atoms with Crippen LogP contribution < -0.4 is 21.9 Å². The van der Waals surface area contributed by atoms with Crippen LogP contribution in [0.4, 0.5) is 5.69 Å². The average Bonchev–Trinajstić information content (AvgIpc) is 3.22. The van der Waals surface area contributed by atoms with Gasteiger partial charge in [-0.1, -0.05) is 58.9 Å². The Bertz CT molecular complexity index is 1520. The highest BCUT2D eigenvalue weighted by Crippen LogP contribution is 2.65. The van der Waals surface area contributed by atoms with E-state index >= 15 is 0 Å². The number of hydrogen-bond acceptors (Lipinski definition) is 7. The van der Waals surface area contributed by atoms with E-state index in [9.17, 15) is 19.2 Å². The number of amides is 3. The second kappa shape index (κ2) is 9.72. The Morgan fingerprint density at radius 3 is 2.52 bits per heavy atom. The predicted molar refractivity (Wildman–Crippen MR) is 150 cm³/mol. The van der Waals surface area contributed by atoms with Crippen molar-refractivity contribution in [3.63, 3.8) is 0 Å². The second-order valence-electron chi connectivity index (χ2n) is 12.4. The number of pyridine rings is 1. The molecule has 1 aromatic carbocycles. The van der Waals surface area contributed by atoms with Crippen molar-refractivity contribution in [2.24, 2.45) is 28.4 Å². The molecule has 3 amide bonds. The molecule has 0 spiro atoms. The predicted octanol–water partition coefficient (Wildman–Crippen LogP) is 1.97. The first-order chi connectivity index (χ1) is 18.8. The first-order valence-corrected chi connectivity index (χ1v) is 13.4. The Morgan fingerprint density at radius 1 is 1.15 bits per heavy atom. The minimum absolute atomic E-state index is 0.0720. The number of carbonyl (C=O) groups is 3. The van der Waals surface area contributed by atoms with Crippen molar-refractivity contribution in [3.8, 4) is 0 Å². The molecular formula is C29H35N7O4. The number of nitrogens with two attached hydrogens (primary N) is 1. The Hall–Kier alpha value is -4.28. The van der Waals surface area contributed by atoms with Crippen molar-refractivity contribution in [3.05, 3.63) is 64.8 Å². The summed E-state index contributed by atoms with van der Waals surface area (Å²) in [5, 5.41) is 15.6. The first-order valence-electron chi connectivity index (χ1n) is 13.4. The van der Waals surface area contributed by atoms with Crippen LogP contribution in [0, 0.1) is 22.7 Å². The van der Waals surface area contributed by atoms with E-state index in [1.165, 1.54) is 12.3 Å². The van der Waals surface area contributed by atoms with E-state index in [1.54, 1.807) is 23.2 Å². The molecule has 2 unspecified atom stereocenters. The summed E-state index contributed by atoms with van der Waals surface area (Å²) in [6.45, 7) is 10.4. The van der Waals surface area contributed by atoms with Crippen molar-refractivity contribution in [1.29, 1.82) is 0 Å². The number of aromatic amines is 1. The number of hydrogen-bond donors (Lipinski definition) is 4. The minimum Gasteiger partial charge on any atom is -0.372 e. The van der Waals surface area contributed by atoms with Crippen LogP contribution >= 0.6 is 0 Å². The van der Waals surface area contributed by atoms with Crippen LogP contribution in [0.15, 0.2) is 53.6 Å². The van der Waals surface area contributed by atoms with E-state index in [2.05, 4.69) is 39.7 Å². The van der Waals surface area contributed by atoms with Gasteiger partial charge in [-0.2, -0.15) is 10.2 Å². The highest BCUT2D eigenvalue weighted by Gasteiger charge is 2.69. The van der Waals surface area contributed by atoms with E-state index in [0.29, 0.717) is 17.6 Å². The van der Waals surface area contributed by atoms with E-state index in [-0.39, 0.29) is 34.4 Å². The molecule has 11 heteroatoms. The van der Waals surface area contributed by atoms with Crippen molar-refractivity contribution in [2.45, 2.75) is 52.7 Å². The van der Waals surface area contributed by atoms with Gasteiger partial charge in [0.2, 0.25) is 23.3 Å². The van der Waals surface area contributed by atoms with E-state index in [0.717, 1.165) is 5.39 Å². The zero-order valence-electron chi connectivity index (χ0n) is 23.3. The molecule has 1 saturated carbocycles. The smallest absolute Gasteiger partial charge is 0.248 e. The van der Waals surface area contributed by atoms with Crippen LogP contribution in [0.2, 0.25) is 0 Å². The lowest BCUT2D eigenvalue weighted by atomic mass is 9.85. The number of benzene rings is 1. The van der Waals surface area contributed by atoms with Crippen molar-refractivity contribution < 1.29 is 14.4 Å². The van der Waals surface area contributed by atoms with Gasteiger partial charge in [0.1, 0.15) is 17.8 Å². The van der Waals surface area contributed by atoms with Crippen LogP contribution in [-0.2, 0) is 14.4 Å². The summed E-state index contributed by atoms with van der Waals surface area (Å²) in [5.74, 6) is -1.39. The van der Waals surface area contributed by atoms with Gasteiger partial charge in [0.15, 0.2) is 6.04 Å². The third-order valence-electron chi connectivity index (χ3n) is 8.41. The Morgan fingerprint density at radius 2 is 1.88 bits per heavy atom. The molecule has 11 nitrogen and oxygen atoms in total. The highest BCUT2D eigenvalue weighted by atomic mass is 16.2. The normalized spacial score (nSPS) is 22.7. The number of H-pyrrole nitrogens is 1. The topological polar surface area (TPSA) is 163 Å². The summed E-state index contributed by atoms with van der Waals surface area (Å²) in [5.41, 5.74) is 5.70. The maximum atomic E-state index is 14.1. The van der Waals surface area contributed by atoms with Gasteiger partial charge in [-0.05, 0) is 28.7 Å². The Labute approximate surface area is 231 Å². The zero-order valence-corrected chi connectivity index (χ0v) is 23.3. The van der Waals surface area contributed by atoms with Crippen molar-refractivity contribution in [1.82, 2.24) is 25.4 Å². The molecular weight excluding hydrogens is 510 g/mol. The minimum atomic E-state index is -1.22. The molecule has 1 aliphatic heterocycles. The molecule has 5 rings (SSSR count).